The summed E-state index contributed by atoms with van der Waals surface area (Å²) in [7, 11) is 1.04. The van der Waals surface area contributed by atoms with Crippen molar-refractivity contribution in [2.45, 2.75) is 63.4 Å². The Morgan fingerprint density at radius 3 is 2.21 bits per heavy atom. The van der Waals surface area contributed by atoms with Crippen LogP contribution < -0.4 is 5.32 Å². The minimum absolute atomic E-state index is 0.493. The summed E-state index contributed by atoms with van der Waals surface area (Å²) < 4.78 is 20.1. The van der Waals surface area contributed by atoms with Crippen molar-refractivity contribution in [2.75, 3.05) is 13.7 Å². The lowest BCUT2D eigenvalue weighted by Gasteiger charge is -2.47. The average Bonchev–Trinajstić information content (AvgIpc) is 2.59. The van der Waals surface area contributed by atoms with Gasteiger partial charge in [-0.25, -0.2) is 4.79 Å². The Kier molecular flexibility index (Phi) is 8.29. The first-order valence-electron chi connectivity index (χ1n) is 8.33. The Hall–Kier alpha value is -2.28. The fourth-order valence-electron chi connectivity index (χ4n) is 2.84. The lowest BCUT2D eigenvalue weighted by atomic mass is 9.88. The van der Waals surface area contributed by atoms with Gasteiger partial charge in [-0.3, -0.25) is 14.4 Å². The van der Waals surface area contributed by atoms with E-state index in [1.807, 2.05) is 0 Å². The standard InChI is InChI=1S/C16H25NO11/c1-7(18)17-12-11(27-9(3)20)5-16(25-4,15(23)24)28-14(12)13(22)10(21)6-26-8(2)19/h10-14,21-22H,5-6H2,1-4H3,(H,17,18)(H,23,24)/t10-,11+,12-,13-,14-,16-/m1/s1. The summed E-state index contributed by atoms with van der Waals surface area (Å²) in [6.07, 6.45) is -6.85. The predicted molar refractivity (Wildman–Crippen MR) is 88.7 cm³/mol. The second-order valence-corrected chi connectivity index (χ2v) is 6.28. The Bertz CT molecular complexity index is 609. The fraction of sp³-hybridized carbons (Fsp3) is 0.750. The van der Waals surface area contributed by atoms with Crippen LogP contribution >= 0.6 is 0 Å². The molecule has 0 aliphatic carbocycles. The third kappa shape index (κ3) is 5.86. The number of hydrogen-bond acceptors (Lipinski definition) is 10. The number of carboxylic acid groups (broad SMARTS) is 1. The zero-order valence-corrected chi connectivity index (χ0v) is 15.9. The van der Waals surface area contributed by atoms with Gasteiger partial charge in [0.15, 0.2) is 0 Å². The molecule has 0 aromatic heterocycles. The Balaban J connectivity index is 3.28. The molecule has 0 radical (unpaired) electrons. The molecule has 0 saturated carbocycles. The van der Waals surface area contributed by atoms with Gasteiger partial charge in [-0.2, -0.15) is 0 Å². The maximum Gasteiger partial charge on any atom is 0.364 e. The number of nitrogens with one attached hydrogen (secondary N) is 1. The summed E-state index contributed by atoms with van der Waals surface area (Å²) in [4.78, 5) is 45.7. The van der Waals surface area contributed by atoms with Gasteiger partial charge in [-0.05, 0) is 0 Å². The van der Waals surface area contributed by atoms with Gasteiger partial charge < -0.3 is 39.6 Å². The first kappa shape index (κ1) is 23.8. The topological polar surface area (TPSA) is 178 Å². The lowest BCUT2D eigenvalue weighted by Crippen LogP contribution is -2.68. The highest BCUT2D eigenvalue weighted by atomic mass is 16.7. The molecule has 28 heavy (non-hydrogen) atoms. The van der Waals surface area contributed by atoms with E-state index in [4.69, 9.17) is 14.2 Å². The number of aliphatic carboxylic acids is 1. The number of aliphatic hydroxyl groups is 2. The predicted octanol–water partition coefficient (Wildman–Crippen LogP) is -2.08. The molecule has 1 heterocycles. The van der Waals surface area contributed by atoms with E-state index in [2.05, 4.69) is 10.1 Å². The summed E-state index contributed by atoms with van der Waals surface area (Å²) in [5.74, 6) is -5.96. The van der Waals surface area contributed by atoms with Crippen molar-refractivity contribution in [3.05, 3.63) is 0 Å². The molecule has 0 spiro atoms. The number of methoxy groups -OCH3 is 1. The molecule has 0 aromatic rings. The summed E-state index contributed by atoms with van der Waals surface area (Å²) >= 11 is 0. The molecule has 1 fully saturated rings. The maximum absolute atomic E-state index is 11.7. The van der Waals surface area contributed by atoms with Crippen LogP contribution in [0.1, 0.15) is 27.2 Å². The van der Waals surface area contributed by atoms with Crippen molar-refractivity contribution in [3.63, 3.8) is 0 Å². The first-order valence-corrected chi connectivity index (χ1v) is 8.33. The first-order chi connectivity index (χ1) is 12.9. The summed E-state index contributed by atoms with van der Waals surface area (Å²) in [5, 5.41) is 32.6. The molecule has 0 aromatic carbocycles. The summed E-state index contributed by atoms with van der Waals surface area (Å²) in [5.41, 5.74) is 0. The van der Waals surface area contributed by atoms with E-state index in [9.17, 15) is 34.5 Å². The van der Waals surface area contributed by atoms with Crippen molar-refractivity contribution < 1.29 is 53.4 Å². The average molecular weight is 407 g/mol. The van der Waals surface area contributed by atoms with E-state index in [0.29, 0.717) is 0 Å². The van der Waals surface area contributed by atoms with Gasteiger partial charge >= 0.3 is 17.9 Å². The van der Waals surface area contributed by atoms with E-state index in [-0.39, 0.29) is 0 Å². The van der Waals surface area contributed by atoms with Crippen LogP contribution in [0.4, 0.5) is 0 Å². The summed E-state index contributed by atoms with van der Waals surface area (Å²) in [6.45, 7) is 2.71. The van der Waals surface area contributed by atoms with Gasteiger partial charge in [0.1, 0.15) is 31.0 Å². The van der Waals surface area contributed by atoms with Crippen LogP contribution in [0.2, 0.25) is 0 Å². The molecular weight excluding hydrogens is 382 g/mol. The Morgan fingerprint density at radius 2 is 1.79 bits per heavy atom. The molecule has 12 nitrogen and oxygen atoms in total. The SMILES string of the molecule is CO[C@]1(C(=O)O)C[C@H](OC(C)=O)[C@@H](NC(C)=O)[C@H]([C@H](O)[C@H](O)COC(C)=O)O1. The molecule has 12 heteroatoms. The Labute approximate surface area is 160 Å². The van der Waals surface area contributed by atoms with Crippen molar-refractivity contribution >= 4 is 23.8 Å². The fourth-order valence-corrected chi connectivity index (χ4v) is 2.84. The van der Waals surface area contributed by atoms with Crippen LogP contribution in [0, 0.1) is 0 Å². The van der Waals surface area contributed by atoms with Crippen LogP contribution in [0.15, 0.2) is 0 Å². The molecule has 0 unspecified atom stereocenters. The molecule has 0 bridgehead atoms. The highest BCUT2D eigenvalue weighted by Gasteiger charge is 2.56. The van der Waals surface area contributed by atoms with Crippen molar-refractivity contribution in [1.29, 1.82) is 0 Å². The van der Waals surface area contributed by atoms with Crippen molar-refractivity contribution in [3.8, 4) is 0 Å². The normalized spacial score (nSPS) is 29.3. The number of ether oxygens (including phenoxy) is 4. The zero-order valence-electron chi connectivity index (χ0n) is 15.9. The number of hydrogen-bond donors (Lipinski definition) is 4. The zero-order chi connectivity index (χ0) is 21.6. The van der Waals surface area contributed by atoms with Gasteiger partial charge in [0.25, 0.3) is 5.79 Å². The van der Waals surface area contributed by atoms with Gasteiger partial charge in [0.05, 0.1) is 12.5 Å². The number of aliphatic hydroxyl groups excluding tert-OH is 2. The highest BCUT2D eigenvalue weighted by molar-refractivity contribution is 5.77. The Morgan fingerprint density at radius 1 is 1.18 bits per heavy atom. The molecule has 1 aliphatic rings. The number of carbonyl (C=O) groups excluding carboxylic acids is 3. The van der Waals surface area contributed by atoms with E-state index in [1.54, 1.807) is 0 Å². The quantitative estimate of drug-likeness (QED) is 0.325. The van der Waals surface area contributed by atoms with Gasteiger partial charge in [0.2, 0.25) is 5.91 Å². The van der Waals surface area contributed by atoms with Gasteiger partial charge in [-0.1, -0.05) is 0 Å². The number of carbonyl (C=O) groups is 4. The molecule has 1 amide bonds. The lowest BCUT2D eigenvalue weighted by molar-refractivity contribution is -0.305. The molecule has 1 rings (SSSR count). The largest absolute Gasteiger partial charge is 0.477 e. The van der Waals surface area contributed by atoms with E-state index in [0.717, 1.165) is 27.9 Å². The number of rotatable bonds is 8. The summed E-state index contributed by atoms with van der Waals surface area (Å²) in [6, 6.07) is -1.22. The monoisotopic (exact) mass is 407 g/mol. The van der Waals surface area contributed by atoms with Crippen molar-refractivity contribution in [1.82, 2.24) is 5.32 Å². The molecule has 4 N–H and O–H groups in total. The second kappa shape index (κ2) is 9.78. The molecular formula is C16H25NO11. The van der Waals surface area contributed by atoms with Crippen LogP contribution in [0.25, 0.3) is 0 Å². The molecule has 6 atom stereocenters. The van der Waals surface area contributed by atoms with Crippen LogP contribution in [0.3, 0.4) is 0 Å². The molecule has 1 aliphatic heterocycles. The smallest absolute Gasteiger partial charge is 0.364 e. The highest BCUT2D eigenvalue weighted by Crippen LogP contribution is 2.34. The van der Waals surface area contributed by atoms with Crippen LogP contribution in [-0.4, -0.2) is 89.1 Å². The second-order valence-electron chi connectivity index (χ2n) is 6.28. The molecule has 1 saturated heterocycles. The van der Waals surface area contributed by atoms with Crippen LogP contribution in [0.5, 0.6) is 0 Å². The third-order valence-corrected chi connectivity index (χ3v) is 4.08. The number of amides is 1. The van der Waals surface area contributed by atoms with Crippen molar-refractivity contribution in [2.24, 2.45) is 0 Å². The minimum Gasteiger partial charge on any atom is -0.477 e. The van der Waals surface area contributed by atoms with Crippen LogP contribution in [-0.2, 0) is 38.1 Å². The van der Waals surface area contributed by atoms with E-state index in [1.165, 1.54) is 0 Å². The van der Waals surface area contributed by atoms with E-state index >= 15 is 0 Å². The number of esters is 2. The third-order valence-electron chi connectivity index (χ3n) is 4.08. The maximum atomic E-state index is 11.7. The van der Waals surface area contributed by atoms with Gasteiger partial charge in [-0.15, -0.1) is 0 Å². The van der Waals surface area contributed by atoms with Gasteiger partial charge in [0, 0.05) is 27.9 Å². The minimum atomic E-state index is -2.32. The number of carboxylic acids is 1. The molecule has 160 valence electrons. The van der Waals surface area contributed by atoms with E-state index < -0.39 is 73.1 Å².